The maximum Gasteiger partial charge on any atom is 0.416 e. The molecule has 0 saturated carbocycles. The summed E-state index contributed by atoms with van der Waals surface area (Å²) in [7, 11) is 0. The normalized spacial score (nSPS) is 14.7. The van der Waals surface area contributed by atoms with Crippen molar-refractivity contribution in [3.63, 3.8) is 0 Å². The SMILES string of the molecule is C=CC(=O)N1CCN(c2ncc(O)nc2Nc2ccc(C(F)(F)F)cc2)CC1. The fourth-order valence-electron chi connectivity index (χ4n) is 2.84. The summed E-state index contributed by atoms with van der Waals surface area (Å²) in [5, 5.41) is 12.6. The van der Waals surface area contributed by atoms with Gasteiger partial charge in [0.15, 0.2) is 11.6 Å². The molecule has 148 valence electrons. The first-order valence-corrected chi connectivity index (χ1v) is 8.44. The van der Waals surface area contributed by atoms with Gasteiger partial charge in [0.05, 0.1) is 11.8 Å². The number of benzene rings is 1. The van der Waals surface area contributed by atoms with Crippen LogP contribution in [0.3, 0.4) is 0 Å². The van der Waals surface area contributed by atoms with Gasteiger partial charge in [-0.25, -0.2) is 4.98 Å². The predicted molar refractivity (Wildman–Crippen MR) is 97.4 cm³/mol. The highest BCUT2D eigenvalue weighted by molar-refractivity contribution is 5.87. The van der Waals surface area contributed by atoms with Gasteiger partial charge < -0.3 is 20.2 Å². The first-order valence-electron chi connectivity index (χ1n) is 8.44. The van der Waals surface area contributed by atoms with Crippen molar-refractivity contribution in [3.8, 4) is 5.88 Å². The summed E-state index contributed by atoms with van der Waals surface area (Å²) in [5.41, 5.74) is -0.391. The van der Waals surface area contributed by atoms with E-state index in [0.29, 0.717) is 37.7 Å². The zero-order valence-corrected chi connectivity index (χ0v) is 14.8. The molecule has 1 aliphatic rings. The number of hydrogen-bond acceptors (Lipinski definition) is 6. The Balaban J connectivity index is 1.78. The van der Waals surface area contributed by atoms with Crippen LogP contribution in [0.1, 0.15) is 5.56 Å². The molecule has 10 heteroatoms. The van der Waals surface area contributed by atoms with Gasteiger partial charge in [0.1, 0.15) is 0 Å². The number of rotatable bonds is 4. The van der Waals surface area contributed by atoms with Gasteiger partial charge in [0, 0.05) is 31.9 Å². The third kappa shape index (κ3) is 4.33. The molecule has 0 spiro atoms. The zero-order chi connectivity index (χ0) is 20.3. The number of aromatic hydroxyl groups is 1. The molecule has 2 heterocycles. The highest BCUT2D eigenvalue weighted by Crippen LogP contribution is 2.32. The van der Waals surface area contributed by atoms with Crippen LogP contribution in [0.25, 0.3) is 0 Å². The van der Waals surface area contributed by atoms with Crippen molar-refractivity contribution >= 4 is 23.2 Å². The van der Waals surface area contributed by atoms with Crippen molar-refractivity contribution in [2.75, 3.05) is 36.4 Å². The van der Waals surface area contributed by atoms with Crippen LogP contribution in [0.15, 0.2) is 43.1 Å². The molecule has 1 aromatic carbocycles. The Morgan fingerprint density at radius 3 is 2.39 bits per heavy atom. The monoisotopic (exact) mass is 393 g/mol. The van der Waals surface area contributed by atoms with Gasteiger partial charge in [-0.2, -0.15) is 18.2 Å². The Bertz CT molecular complexity index is 863. The van der Waals surface area contributed by atoms with E-state index in [1.165, 1.54) is 24.4 Å². The number of nitrogens with zero attached hydrogens (tertiary/aromatic N) is 4. The third-order valence-electron chi connectivity index (χ3n) is 4.28. The van der Waals surface area contributed by atoms with Crippen molar-refractivity contribution in [2.45, 2.75) is 6.18 Å². The number of piperazine rings is 1. The Hall–Kier alpha value is -3.30. The predicted octanol–water partition coefficient (Wildman–Crippen LogP) is 2.78. The summed E-state index contributed by atoms with van der Waals surface area (Å²) >= 11 is 0. The number of halogens is 3. The molecule has 2 aromatic rings. The summed E-state index contributed by atoms with van der Waals surface area (Å²) < 4.78 is 38.1. The molecule has 3 rings (SSSR count). The van der Waals surface area contributed by atoms with Crippen LogP contribution in [0.4, 0.5) is 30.5 Å². The van der Waals surface area contributed by atoms with Gasteiger partial charge in [0.2, 0.25) is 11.8 Å². The average Bonchev–Trinajstić information content (AvgIpc) is 2.67. The van der Waals surface area contributed by atoms with Crippen LogP contribution in [0.5, 0.6) is 5.88 Å². The molecule has 1 saturated heterocycles. The fourth-order valence-corrected chi connectivity index (χ4v) is 2.84. The second-order valence-electron chi connectivity index (χ2n) is 6.12. The minimum absolute atomic E-state index is 0.153. The largest absolute Gasteiger partial charge is 0.492 e. The smallest absolute Gasteiger partial charge is 0.416 e. The van der Waals surface area contributed by atoms with E-state index in [-0.39, 0.29) is 17.6 Å². The molecule has 1 aromatic heterocycles. The Labute approximate surface area is 159 Å². The van der Waals surface area contributed by atoms with Crippen molar-refractivity contribution in [3.05, 3.63) is 48.7 Å². The Morgan fingerprint density at radius 2 is 1.82 bits per heavy atom. The molecule has 0 unspecified atom stereocenters. The maximum absolute atomic E-state index is 12.7. The second kappa shape index (κ2) is 7.75. The number of anilines is 3. The molecule has 28 heavy (non-hydrogen) atoms. The van der Waals surface area contributed by atoms with Crippen molar-refractivity contribution in [1.82, 2.24) is 14.9 Å². The van der Waals surface area contributed by atoms with E-state index in [0.717, 1.165) is 12.1 Å². The van der Waals surface area contributed by atoms with Crippen LogP contribution >= 0.6 is 0 Å². The molecule has 1 fully saturated rings. The molecular weight excluding hydrogens is 375 g/mol. The lowest BCUT2D eigenvalue weighted by molar-refractivity contribution is -0.137. The van der Waals surface area contributed by atoms with Gasteiger partial charge >= 0.3 is 6.18 Å². The van der Waals surface area contributed by atoms with Crippen LogP contribution in [-0.2, 0) is 11.0 Å². The van der Waals surface area contributed by atoms with E-state index in [9.17, 15) is 23.1 Å². The summed E-state index contributed by atoms with van der Waals surface area (Å²) in [4.78, 5) is 23.4. The number of alkyl halides is 3. The molecule has 2 N–H and O–H groups in total. The van der Waals surface area contributed by atoms with Gasteiger partial charge in [-0.3, -0.25) is 4.79 Å². The lowest BCUT2D eigenvalue weighted by Gasteiger charge is -2.35. The topological polar surface area (TPSA) is 81.6 Å². The van der Waals surface area contributed by atoms with Crippen molar-refractivity contribution < 1.29 is 23.1 Å². The van der Waals surface area contributed by atoms with E-state index < -0.39 is 11.7 Å². The van der Waals surface area contributed by atoms with Gasteiger partial charge in [-0.1, -0.05) is 6.58 Å². The number of nitrogens with one attached hydrogen (secondary N) is 1. The first kappa shape index (κ1) is 19.5. The third-order valence-corrected chi connectivity index (χ3v) is 4.28. The van der Waals surface area contributed by atoms with Crippen LogP contribution < -0.4 is 10.2 Å². The number of hydrogen-bond donors (Lipinski definition) is 2. The lowest BCUT2D eigenvalue weighted by atomic mass is 10.2. The van der Waals surface area contributed by atoms with E-state index >= 15 is 0 Å². The highest BCUT2D eigenvalue weighted by Gasteiger charge is 2.30. The quantitative estimate of drug-likeness (QED) is 0.778. The first-order chi connectivity index (χ1) is 13.3. The van der Waals surface area contributed by atoms with Gasteiger partial charge in [-0.05, 0) is 30.3 Å². The van der Waals surface area contributed by atoms with Crippen LogP contribution in [0, 0.1) is 0 Å². The number of carbonyl (C=O) groups excluding carboxylic acids is 1. The minimum atomic E-state index is -4.42. The van der Waals surface area contributed by atoms with E-state index in [1.807, 2.05) is 4.90 Å². The van der Waals surface area contributed by atoms with Crippen LogP contribution in [-0.4, -0.2) is 52.1 Å². The maximum atomic E-state index is 12.7. The van der Waals surface area contributed by atoms with E-state index in [1.54, 1.807) is 4.90 Å². The molecule has 0 bridgehead atoms. The number of aromatic nitrogens is 2. The Kier molecular flexibility index (Phi) is 5.39. The number of carbonyl (C=O) groups is 1. The fraction of sp³-hybridized carbons (Fsp3) is 0.278. The molecule has 1 amide bonds. The van der Waals surface area contributed by atoms with Crippen molar-refractivity contribution in [1.29, 1.82) is 0 Å². The lowest BCUT2D eigenvalue weighted by Crippen LogP contribution is -2.48. The van der Waals surface area contributed by atoms with Gasteiger partial charge in [0.25, 0.3) is 0 Å². The number of amides is 1. The molecule has 0 aliphatic carbocycles. The summed E-state index contributed by atoms with van der Waals surface area (Å²) in [6.07, 6.45) is -1.97. The zero-order valence-electron chi connectivity index (χ0n) is 14.8. The molecule has 1 aliphatic heterocycles. The Morgan fingerprint density at radius 1 is 1.18 bits per heavy atom. The standard InChI is InChI=1S/C18H18F3N5O2/c1-2-15(28)25-7-9-26(10-8-25)17-16(24-14(27)11-22-17)23-13-5-3-12(4-6-13)18(19,20)21/h2-6,11H,1,7-10H2,(H2,23,24,27). The average molecular weight is 393 g/mol. The molecule has 0 atom stereocenters. The summed E-state index contributed by atoms with van der Waals surface area (Å²) in [5.74, 6) is 0.171. The van der Waals surface area contributed by atoms with Crippen LogP contribution in [0.2, 0.25) is 0 Å². The van der Waals surface area contributed by atoms with E-state index in [4.69, 9.17) is 0 Å². The molecule has 0 radical (unpaired) electrons. The minimum Gasteiger partial charge on any atom is -0.492 e. The summed E-state index contributed by atoms with van der Waals surface area (Å²) in [6, 6.07) is 4.47. The molecular formula is C18H18F3N5O2. The summed E-state index contributed by atoms with van der Waals surface area (Å²) in [6.45, 7) is 5.37. The van der Waals surface area contributed by atoms with E-state index in [2.05, 4.69) is 21.9 Å². The molecule has 7 nitrogen and oxygen atoms in total. The van der Waals surface area contributed by atoms with Gasteiger partial charge in [-0.15, -0.1) is 0 Å². The van der Waals surface area contributed by atoms with Crippen molar-refractivity contribution in [2.24, 2.45) is 0 Å². The second-order valence-corrected chi connectivity index (χ2v) is 6.12. The highest BCUT2D eigenvalue weighted by atomic mass is 19.4.